The molecule has 8 heteroatoms. The van der Waals surface area contributed by atoms with Crippen molar-refractivity contribution in [3.8, 4) is 16.9 Å². The van der Waals surface area contributed by atoms with Crippen molar-refractivity contribution in [2.45, 2.75) is 49.6 Å². The molecule has 1 amide bonds. The molecule has 4 rings (SSSR count). The Morgan fingerprint density at radius 1 is 0.949 bits per heavy atom. The lowest BCUT2D eigenvalue weighted by Gasteiger charge is -2.29. The van der Waals surface area contributed by atoms with Gasteiger partial charge in [0, 0.05) is 18.5 Å². The first-order valence-corrected chi connectivity index (χ1v) is 14.7. The van der Waals surface area contributed by atoms with Gasteiger partial charge in [-0.1, -0.05) is 36.4 Å². The molecule has 2 atom stereocenters. The van der Waals surface area contributed by atoms with Crippen LogP contribution in [0.4, 0.5) is 4.39 Å². The fourth-order valence-electron chi connectivity index (χ4n) is 4.72. The van der Waals surface area contributed by atoms with Gasteiger partial charge < -0.3 is 15.0 Å². The molecule has 0 aromatic heterocycles. The Morgan fingerprint density at radius 3 is 2.13 bits per heavy atom. The number of ether oxygens (including phenoxy) is 1. The normalized spacial score (nSPS) is 18.9. The third-order valence-electron chi connectivity index (χ3n) is 7.16. The standard InChI is InChI=1S/C31H38FN3O3S/c1-22(23-4-12-27(32)13-5-23)33-31(36)26-6-14-28(15-7-26)34-39(37)30-18-10-25(11-19-30)24-8-16-29(17-9-24)38-21-20-35(2)3/h4-5,8-13,16-19,22,26,28,34H,6-7,14-15,20-21H2,1-3H3,(H,33,36)/t22-,26?,28?,39?/m1/s1. The molecule has 3 aromatic carbocycles. The van der Waals surface area contributed by atoms with E-state index < -0.39 is 11.0 Å². The van der Waals surface area contributed by atoms with Crippen LogP contribution in [0.1, 0.15) is 44.2 Å². The zero-order chi connectivity index (χ0) is 27.8. The van der Waals surface area contributed by atoms with E-state index in [1.165, 1.54) is 12.1 Å². The van der Waals surface area contributed by atoms with E-state index in [4.69, 9.17) is 4.74 Å². The third kappa shape index (κ3) is 8.46. The van der Waals surface area contributed by atoms with Gasteiger partial charge in [0.15, 0.2) is 0 Å². The Morgan fingerprint density at radius 2 is 1.54 bits per heavy atom. The van der Waals surface area contributed by atoms with Gasteiger partial charge in [-0.15, -0.1) is 0 Å². The summed E-state index contributed by atoms with van der Waals surface area (Å²) >= 11 is 0. The second-order valence-electron chi connectivity index (χ2n) is 10.4. The second-order valence-corrected chi connectivity index (χ2v) is 11.7. The number of nitrogens with zero attached hydrogens (tertiary/aromatic N) is 1. The highest BCUT2D eigenvalue weighted by molar-refractivity contribution is 7.83. The maximum atomic E-state index is 13.2. The minimum absolute atomic E-state index is 0.0233. The van der Waals surface area contributed by atoms with Gasteiger partial charge in [-0.25, -0.2) is 13.3 Å². The minimum atomic E-state index is -1.32. The van der Waals surface area contributed by atoms with Crippen molar-refractivity contribution < 1.29 is 18.1 Å². The molecule has 0 aliphatic heterocycles. The summed E-state index contributed by atoms with van der Waals surface area (Å²) in [6, 6.07) is 21.9. The number of benzene rings is 3. The number of hydrogen-bond acceptors (Lipinski definition) is 4. The van der Waals surface area contributed by atoms with Gasteiger partial charge in [-0.2, -0.15) is 0 Å². The number of amides is 1. The molecule has 0 heterocycles. The molecule has 208 valence electrons. The molecule has 2 N–H and O–H groups in total. The second kappa shape index (κ2) is 13.8. The van der Waals surface area contributed by atoms with Crippen LogP contribution in [-0.2, 0) is 15.8 Å². The highest BCUT2D eigenvalue weighted by atomic mass is 32.2. The first kappa shape index (κ1) is 28.9. The molecule has 0 spiro atoms. The SMILES string of the molecule is C[C@@H](NC(=O)C1CCC(NS(=O)c2ccc(-c3ccc(OCCN(C)C)cc3)cc2)CC1)c1ccc(F)cc1. The predicted molar refractivity (Wildman–Crippen MR) is 154 cm³/mol. The summed E-state index contributed by atoms with van der Waals surface area (Å²) in [5, 5.41) is 3.05. The largest absolute Gasteiger partial charge is 0.492 e. The van der Waals surface area contributed by atoms with Crippen LogP contribution in [0.15, 0.2) is 77.7 Å². The molecule has 1 aliphatic carbocycles. The highest BCUT2D eigenvalue weighted by Gasteiger charge is 2.28. The lowest BCUT2D eigenvalue weighted by molar-refractivity contribution is -0.126. The van der Waals surface area contributed by atoms with E-state index in [1.807, 2.05) is 69.6 Å². The smallest absolute Gasteiger partial charge is 0.223 e. The van der Waals surface area contributed by atoms with Gasteiger partial charge in [-0.05, 0) is 99.8 Å². The van der Waals surface area contributed by atoms with Crippen molar-refractivity contribution >= 4 is 16.9 Å². The molecule has 0 saturated heterocycles. The number of carbonyl (C=O) groups excluding carboxylic acids is 1. The lowest BCUT2D eigenvalue weighted by atomic mass is 9.85. The van der Waals surface area contributed by atoms with E-state index in [0.29, 0.717) is 6.61 Å². The summed E-state index contributed by atoms with van der Waals surface area (Å²) < 4.78 is 35.1. The first-order valence-electron chi connectivity index (χ1n) is 13.5. The van der Waals surface area contributed by atoms with Crippen LogP contribution in [-0.4, -0.2) is 48.3 Å². The Kier molecular flexibility index (Phi) is 10.3. The summed E-state index contributed by atoms with van der Waals surface area (Å²) in [4.78, 5) is 15.6. The summed E-state index contributed by atoms with van der Waals surface area (Å²) in [6.45, 7) is 3.42. The van der Waals surface area contributed by atoms with Gasteiger partial charge in [0.25, 0.3) is 0 Å². The summed E-state index contributed by atoms with van der Waals surface area (Å²) in [7, 11) is 2.72. The maximum absolute atomic E-state index is 13.2. The molecule has 1 aliphatic rings. The Balaban J connectivity index is 1.22. The predicted octanol–water partition coefficient (Wildman–Crippen LogP) is 5.48. The van der Waals surface area contributed by atoms with Crippen molar-refractivity contribution in [3.63, 3.8) is 0 Å². The minimum Gasteiger partial charge on any atom is -0.492 e. The number of carbonyl (C=O) groups is 1. The Hall–Kier alpha value is -3.07. The highest BCUT2D eigenvalue weighted by Crippen LogP contribution is 2.27. The van der Waals surface area contributed by atoms with Gasteiger partial charge in [0.05, 0.1) is 10.9 Å². The fraction of sp³-hybridized carbons (Fsp3) is 0.387. The molecule has 39 heavy (non-hydrogen) atoms. The van der Waals surface area contributed by atoms with Crippen LogP contribution in [0.5, 0.6) is 5.75 Å². The van der Waals surface area contributed by atoms with Crippen molar-refractivity contribution in [2.75, 3.05) is 27.2 Å². The molecule has 3 aromatic rings. The van der Waals surface area contributed by atoms with Crippen LogP contribution < -0.4 is 14.8 Å². The van der Waals surface area contributed by atoms with Crippen LogP contribution >= 0.6 is 0 Å². The third-order valence-corrected chi connectivity index (χ3v) is 8.41. The first-order chi connectivity index (χ1) is 18.8. The molecule has 1 saturated carbocycles. The summed E-state index contributed by atoms with van der Waals surface area (Å²) in [6.07, 6.45) is 3.06. The van der Waals surface area contributed by atoms with Gasteiger partial charge >= 0.3 is 0 Å². The lowest BCUT2D eigenvalue weighted by Crippen LogP contribution is -2.39. The van der Waals surface area contributed by atoms with Crippen LogP contribution in [0.2, 0.25) is 0 Å². The monoisotopic (exact) mass is 551 g/mol. The van der Waals surface area contributed by atoms with Gasteiger partial charge in [0.1, 0.15) is 29.2 Å². The Bertz CT molecular complexity index is 1230. The molecular weight excluding hydrogens is 513 g/mol. The van der Waals surface area contributed by atoms with E-state index in [9.17, 15) is 13.4 Å². The number of rotatable bonds is 11. The van der Waals surface area contributed by atoms with Crippen LogP contribution in [0.25, 0.3) is 11.1 Å². The average molecular weight is 552 g/mol. The van der Waals surface area contributed by atoms with E-state index in [0.717, 1.165) is 59.6 Å². The zero-order valence-corrected chi connectivity index (χ0v) is 23.7. The number of likely N-dealkylation sites (N-methyl/N-ethyl adjacent to an activating group) is 1. The summed E-state index contributed by atoms with van der Waals surface area (Å²) in [5.74, 6) is 0.513. The van der Waals surface area contributed by atoms with Crippen molar-refractivity contribution in [1.29, 1.82) is 0 Å². The molecule has 0 bridgehead atoms. The molecular formula is C31H38FN3O3S. The number of hydrogen-bond donors (Lipinski definition) is 2. The maximum Gasteiger partial charge on any atom is 0.223 e. The Labute approximate surface area is 233 Å². The number of nitrogens with one attached hydrogen (secondary N) is 2. The molecule has 1 fully saturated rings. The number of halogens is 1. The van der Waals surface area contributed by atoms with E-state index in [1.54, 1.807) is 12.1 Å². The fourth-order valence-corrected chi connectivity index (χ4v) is 5.78. The zero-order valence-electron chi connectivity index (χ0n) is 22.9. The van der Waals surface area contributed by atoms with Gasteiger partial charge in [-0.3, -0.25) is 4.79 Å². The van der Waals surface area contributed by atoms with E-state index in [-0.39, 0.29) is 29.7 Å². The average Bonchev–Trinajstić information content (AvgIpc) is 2.94. The van der Waals surface area contributed by atoms with Crippen LogP contribution in [0.3, 0.4) is 0 Å². The van der Waals surface area contributed by atoms with Crippen LogP contribution in [0, 0.1) is 11.7 Å². The topological polar surface area (TPSA) is 70.7 Å². The quantitative estimate of drug-likeness (QED) is 0.331. The van der Waals surface area contributed by atoms with Crippen molar-refractivity contribution in [2.24, 2.45) is 5.92 Å². The molecule has 1 unspecified atom stereocenters. The molecule has 0 radical (unpaired) electrons. The summed E-state index contributed by atoms with van der Waals surface area (Å²) in [5.41, 5.74) is 3.01. The van der Waals surface area contributed by atoms with Gasteiger partial charge in [0.2, 0.25) is 5.91 Å². The molecule has 6 nitrogen and oxygen atoms in total. The van der Waals surface area contributed by atoms with E-state index in [2.05, 4.69) is 14.9 Å². The van der Waals surface area contributed by atoms with E-state index >= 15 is 0 Å². The van der Waals surface area contributed by atoms with Crippen molar-refractivity contribution in [1.82, 2.24) is 14.9 Å². The van der Waals surface area contributed by atoms with Crippen molar-refractivity contribution in [3.05, 3.63) is 84.2 Å².